The molecule has 2 aliphatic rings. The van der Waals surface area contributed by atoms with Crippen molar-refractivity contribution in [3.8, 4) is 0 Å². The lowest BCUT2D eigenvalue weighted by Gasteiger charge is -2.29. The number of hydrogen-bond acceptors (Lipinski definition) is 5. The maximum Gasteiger partial charge on any atom is 0.240 e. The van der Waals surface area contributed by atoms with Gasteiger partial charge in [0.05, 0.1) is 6.54 Å². The lowest BCUT2D eigenvalue weighted by atomic mass is 9.78. The van der Waals surface area contributed by atoms with Gasteiger partial charge in [-0.05, 0) is 31.1 Å². The van der Waals surface area contributed by atoms with Crippen LogP contribution >= 0.6 is 12.4 Å². The van der Waals surface area contributed by atoms with E-state index in [1.807, 2.05) is 0 Å². The highest BCUT2D eigenvalue weighted by atomic mass is 35.5. The molecule has 0 amide bonds. The van der Waals surface area contributed by atoms with Gasteiger partial charge < -0.3 is 10.3 Å². The summed E-state index contributed by atoms with van der Waals surface area (Å²) < 4.78 is 5.33. The maximum absolute atomic E-state index is 6.24. The van der Waals surface area contributed by atoms with E-state index in [4.69, 9.17) is 10.3 Å². The van der Waals surface area contributed by atoms with Gasteiger partial charge in [-0.2, -0.15) is 4.98 Å². The molecule has 2 heterocycles. The molecule has 0 aromatic carbocycles. The zero-order chi connectivity index (χ0) is 13.2. The number of nitrogens with zero attached hydrogens (tertiary/aromatic N) is 3. The van der Waals surface area contributed by atoms with Crippen LogP contribution in [-0.4, -0.2) is 34.2 Å². The third-order valence-corrected chi connectivity index (χ3v) is 4.57. The Morgan fingerprint density at radius 1 is 1.35 bits per heavy atom. The first-order valence-electron chi connectivity index (χ1n) is 7.55. The van der Waals surface area contributed by atoms with E-state index in [0.29, 0.717) is 12.0 Å². The van der Waals surface area contributed by atoms with Crippen molar-refractivity contribution in [3.63, 3.8) is 0 Å². The van der Waals surface area contributed by atoms with Crippen LogP contribution in [0.1, 0.15) is 44.3 Å². The molecule has 1 aromatic heterocycles. The number of halogens is 1. The first-order valence-corrected chi connectivity index (χ1v) is 7.55. The molecule has 0 spiro atoms. The summed E-state index contributed by atoms with van der Waals surface area (Å²) in [4.78, 5) is 6.88. The van der Waals surface area contributed by atoms with E-state index in [1.54, 1.807) is 0 Å². The van der Waals surface area contributed by atoms with Crippen LogP contribution in [-0.2, 0) is 13.0 Å². The Bertz CT molecular complexity index is 425. The Labute approximate surface area is 126 Å². The van der Waals surface area contributed by atoms with E-state index in [2.05, 4.69) is 22.0 Å². The highest BCUT2D eigenvalue weighted by Crippen LogP contribution is 2.35. The van der Waals surface area contributed by atoms with Crippen molar-refractivity contribution in [2.24, 2.45) is 17.6 Å². The topological polar surface area (TPSA) is 68.2 Å². The molecule has 1 aliphatic heterocycles. The quantitative estimate of drug-likeness (QED) is 0.921. The predicted molar refractivity (Wildman–Crippen MR) is 79.6 cm³/mol. The second-order valence-electron chi connectivity index (χ2n) is 6.07. The molecule has 6 heteroatoms. The van der Waals surface area contributed by atoms with Crippen molar-refractivity contribution in [1.82, 2.24) is 15.0 Å². The Balaban J connectivity index is 0.00000147. The summed E-state index contributed by atoms with van der Waals surface area (Å²) in [6.45, 7) is 5.15. The van der Waals surface area contributed by atoms with Crippen LogP contribution in [0.3, 0.4) is 0 Å². The van der Waals surface area contributed by atoms with Gasteiger partial charge >= 0.3 is 0 Å². The number of aryl methyl sites for hydroxylation is 1. The van der Waals surface area contributed by atoms with Crippen molar-refractivity contribution < 1.29 is 4.52 Å². The normalized spacial score (nSPS) is 30.0. The van der Waals surface area contributed by atoms with Crippen molar-refractivity contribution in [3.05, 3.63) is 11.7 Å². The number of fused-ring (bicyclic) bond motifs is 1. The number of rotatable bonds is 4. The molecule has 0 bridgehead atoms. The summed E-state index contributed by atoms with van der Waals surface area (Å²) >= 11 is 0. The molecule has 5 nitrogen and oxygen atoms in total. The fraction of sp³-hybridized carbons (Fsp3) is 0.857. The third-order valence-electron chi connectivity index (χ3n) is 4.57. The molecule has 1 aromatic rings. The molecule has 1 saturated carbocycles. The van der Waals surface area contributed by atoms with Crippen molar-refractivity contribution in [2.75, 3.05) is 13.1 Å². The summed E-state index contributed by atoms with van der Waals surface area (Å²) in [5.74, 6) is 3.05. The van der Waals surface area contributed by atoms with Crippen LogP contribution in [0.5, 0.6) is 0 Å². The van der Waals surface area contributed by atoms with Gasteiger partial charge in [0.1, 0.15) is 0 Å². The summed E-state index contributed by atoms with van der Waals surface area (Å²) in [6, 6.07) is 0.391. The lowest BCUT2D eigenvalue weighted by Crippen LogP contribution is -2.38. The largest absolute Gasteiger partial charge is 0.338 e. The second-order valence-corrected chi connectivity index (χ2v) is 6.07. The fourth-order valence-corrected chi connectivity index (χ4v) is 3.61. The van der Waals surface area contributed by atoms with E-state index < -0.39 is 0 Å². The average molecular weight is 301 g/mol. The highest BCUT2D eigenvalue weighted by Gasteiger charge is 2.38. The van der Waals surface area contributed by atoms with Crippen LogP contribution in [0.25, 0.3) is 0 Å². The van der Waals surface area contributed by atoms with Gasteiger partial charge in [0.15, 0.2) is 5.82 Å². The number of likely N-dealkylation sites (tertiary alicyclic amines) is 1. The molecule has 1 aliphatic carbocycles. The zero-order valence-electron chi connectivity index (χ0n) is 12.1. The Hall–Kier alpha value is -0.650. The molecule has 3 rings (SSSR count). The first kappa shape index (κ1) is 15.7. The standard InChI is InChI=1S/C14H24N4O.ClH/c1-2-4-13-16-14(19-17-13)9-18-7-10-5-3-6-12(15)11(10)8-18;/h10-12H,2-9,15H2,1H3;1H. The van der Waals surface area contributed by atoms with E-state index in [-0.39, 0.29) is 12.4 Å². The Morgan fingerprint density at radius 3 is 2.95 bits per heavy atom. The smallest absolute Gasteiger partial charge is 0.240 e. The molecule has 0 radical (unpaired) electrons. The summed E-state index contributed by atoms with van der Waals surface area (Å²) in [5, 5.41) is 4.02. The third kappa shape index (κ3) is 3.32. The molecule has 20 heavy (non-hydrogen) atoms. The maximum atomic E-state index is 6.24. The first-order chi connectivity index (χ1) is 9.26. The highest BCUT2D eigenvalue weighted by molar-refractivity contribution is 5.85. The van der Waals surface area contributed by atoms with Gasteiger partial charge in [0.25, 0.3) is 0 Å². The van der Waals surface area contributed by atoms with Gasteiger partial charge in [-0.1, -0.05) is 18.5 Å². The molecular formula is C14H25ClN4O. The van der Waals surface area contributed by atoms with Gasteiger partial charge in [0.2, 0.25) is 5.89 Å². The number of hydrogen-bond donors (Lipinski definition) is 1. The molecular weight excluding hydrogens is 276 g/mol. The minimum atomic E-state index is 0. The van der Waals surface area contributed by atoms with Gasteiger partial charge in [-0.25, -0.2) is 0 Å². The lowest BCUT2D eigenvalue weighted by molar-refractivity contribution is 0.252. The van der Waals surface area contributed by atoms with E-state index in [1.165, 1.54) is 19.3 Å². The second kappa shape index (κ2) is 6.87. The molecule has 2 fully saturated rings. The van der Waals surface area contributed by atoms with E-state index in [9.17, 15) is 0 Å². The van der Waals surface area contributed by atoms with E-state index in [0.717, 1.165) is 50.1 Å². The SMILES string of the molecule is CCCc1noc(CN2CC3CCCC(N)C3C2)n1.Cl. The molecule has 3 atom stereocenters. The summed E-state index contributed by atoms with van der Waals surface area (Å²) in [5.41, 5.74) is 6.24. The Morgan fingerprint density at radius 2 is 2.20 bits per heavy atom. The predicted octanol–water partition coefficient (Wildman–Crippen LogP) is 2.00. The zero-order valence-corrected chi connectivity index (χ0v) is 12.9. The fourth-order valence-electron chi connectivity index (χ4n) is 3.61. The minimum Gasteiger partial charge on any atom is -0.338 e. The van der Waals surface area contributed by atoms with Crippen molar-refractivity contribution >= 4 is 12.4 Å². The monoisotopic (exact) mass is 300 g/mol. The molecule has 3 unspecified atom stereocenters. The van der Waals surface area contributed by atoms with Gasteiger partial charge in [0, 0.05) is 25.6 Å². The molecule has 114 valence electrons. The van der Waals surface area contributed by atoms with Crippen LogP contribution < -0.4 is 5.73 Å². The van der Waals surface area contributed by atoms with Crippen LogP contribution in [0.2, 0.25) is 0 Å². The van der Waals surface area contributed by atoms with Gasteiger partial charge in [-0.3, -0.25) is 4.90 Å². The van der Waals surface area contributed by atoms with E-state index >= 15 is 0 Å². The average Bonchev–Trinajstić information content (AvgIpc) is 2.98. The molecule has 1 saturated heterocycles. The summed E-state index contributed by atoms with van der Waals surface area (Å²) in [6.07, 6.45) is 5.77. The van der Waals surface area contributed by atoms with Gasteiger partial charge in [-0.15, -0.1) is 12.4 Å². The van der Waals surface area contributed by atoms with Crippen LogP contribution in [0.15, 0.2) is 4.52 Å². The van der Waals surface area contributed by atoms with Crippen LogP contribution in [0, 0.1) is 11.8 Å². The Kier molecular flexibility index (Phi) is 5.41. The molecule has 2 N–H and O–H groups in total. The summed E-state index contributed by atoms with van der Waals surface area (Å²) in [7, 11) is 0. The minimum absolute atomic E-state index is 0. The van der Waals surface area contributed by atoms with Crippen LogP contribution in [0.4, 0.5) is 0 Å². The number of nitrogens with two attached hydrogens (primary N) is 1. The number of aromatic nitrogens is 2. The van der Waals surface area contributed by atoms with Crippen molar-refractivity contribution in [1.29, 1.82) is 0 Å². The van der Waals surface area contributed by atoms with Crippen molar-refractivity contribution in [2.45, 2.75) is 51.6 Å².